The van der Waals surface area contributed by atoms with Gasteiger partial charge in [-0.2, -0.15) is 0 Å². The molecule has 0 atom stereocenters. The molecule has 3 rings (SSSR count). The minimum absolute atomic E-state index is 0.224. The Morgan fingerprint density at radius 3 is 2.86 bits per heavy atom. The first-order valence-electron chi connectivity index (χ1n) is 6.68. The maximum absolute atomic E-state index is 13.2. The van der Waals surface area contributed by atoms with Crippen LogP contribution in [0.1, 0.15) is 11.5 Å². The number of nitrogens with two attached hydrogens (primary N) is 1. The molecule has 0 spiro atoms. The number of nitrogens with zero attached hydrogens (tertiary/aromatic N) is 2. The Morgan fingerprint density at radius 2 is 2.05 bits per heavy atom. The van der Waals surface area contributed by atoms with Gasteiger partial charge in [0.25, 0.3) is 0 Å². The van der Waals surface area contributed by atoms with Gasteiger partial charge < -0.3 is 10.2 Å². The number of fused-ring (bicyclic) bond motifs is 1. The van der Waals surface area contributed by atoms with E-state index >= 15 is 0 Å². The van der Waals surface area contributed by atoms with E-state index in [0.717, 1.165) is 16.7 Å². The van der Waals surface area contributed by atoms with Crippen LogP contribution in [0, 0.1) is 5.82 Å². The fourth-order valence-electron chi connectivity index (χ4n) is 2.29. The van der Waals surface area contributed by atoms with Crippen molar-refractivity contribution in [1.29, 1.82) is 0 Å². The molecule has 0 saturated heterocycles. The summed E-state index contributed by atoms with van der Waals surface area (Å²) < 4.78 is 18.8. The van der Waals surface area contributed by atoms with E-state index in [4.69, 9.17) is 10.2 Å². The lowest BCUT2D eigenvalue weighted by molar-refractivity contribution is 0.285. The molecule has 0 saturated carbocycles. The number of benzene rings is 2. The zero-order chi connectivity index (χ0) is 14.8. The van der Waals surface area contributed by atoms with Crippen LogP contribution in [0.25, 0.3) is 11.1 Å². The molecule has 0 unspecified atom stereocenters. The van der Waals surface area contributed by atoms with E-state index in [1.165, 1.54) is 12.1 Å². The van der Waals surface area contributed by atoms with Crippen LogP contribution in [0.15, 0.2) is 46.9 Å². The van der Waals surface area contributed by atoms with Crippen LogP contribution in [0.4, 0.5) is 10.1 Å². The topological polar surface area (TPSA) is 55.3 Å². The first kappa shape index (κ1) is 13.6. The van der Waals surface area contributed by atoms with Crippen molar-refractivity contribution >= 4 is 16.8 Å². The number of halogens is 1. The van der Waals surface area contributed by atoms with Gasteiger partial charge in [0.05, 0.1) is 6.54 Å². The zero-order valence-electron chi connectivity index (χ0n) is 11.7. The number of hydrogen-bond acceptors (Lipinski definition) is 4. The van der Waals surface area contributed by atoms with Crippen molar-refractivity contribution in [3.8, 4) is 0 Å². The molecule has 0 aliphatic carbocycles. The van der Waals surface area contributed by atoms with E-state index in [9.17, 15) is 4.39 Å². The molecular weight excluding hydrogens is 269 g/mol. The third-order valence-electron chi connectivity index (χ3n) is 3.20. The van der Waals surface area contributed by atoms with Gasteiger partial charge in [-0.15, -0.1) is 0 Å². The molecule has 1 heterocycles. The second kappa shape index (κ2) is 5.54. The highest BCUT2D eigenvalue weighted by molar-refractivity contribution is 5.76. The molecule has 0 fully saturated rings. The predicted molar refractivity (Wildman–Crippen MR) is 80.0 cm³/mol. The molecule has 108 valence electrons. The van der Waals surface area contributed by atoms with Gasteiger partial charge in [-0.25, -0.2) is 9.37 Å². The van der Waals surface area contributed by atoms with Crippen molar-refractivity contribution in [1.82, 2.24) is 9.88 Å². The minimum atomic E-state index is -0.224. The Morgan fingerprint density at radius 1 is 1.19 bits per heavy atom. The molecule has 0 amide bonds. The van der Waals surface area contributed by atoms with Gasteiger partial charge in [0.1, 0.15) is 11.3 Å². The molecule has 21 heavy (non-hydrogen) atoms. The van der Waals surface area contributed by atoms with Crippen LogP contribution in [0.3, 0.4) is 0 Å². The normalized spacial score (nSPS) is 11.4. The second-order valence-corrected chi connectivity index (χ2v) is 5.14. The molecule has 3 aromatic rings. The van der Waals surface area contributed by atoms with Crippen LogP contribution < -0.4 is 5.73 Å². The summed E-state index contributed by atoms with van der Waals surface area (Å²) >= 11 is 0. The summed E-state index contributed by atoms with van der Waals surface area (Å²) in [7, 11) is 1.94. The lowest BCUT2D eigenvalue weighted by Gasteiger charge is -2.14. The molecule has 0 radical (unpaired) electrons. The van der Waals surface area contributed by atoms with E-state index in [2.05, 4.69) is 4.98 Å². The van der Waals surface area contributed by atoms with Gasteiger partial charge in [-0.05, 0) is 42.9 Å². The molecule has 4 nitrogen and oxygen atoms in total. The smallest absolute Gasteiger partial charge is 0.209 e. The summed E-state index contributed by atoms with van der Waals surface area (Å²) in [5, 5.41) is 0. The standard InChI is InChI=1S/C16H16FN3O/c1-20(9-11-3-2-4-12(17)7-11)10-16-19-14-8-13(18)5-6-15(14)21-16/h2-8H,9-10,18H2,1H3. The molecule has 0 aliphatic rings. The van der Waals surface area contributed by atoms with Gasteiger partial charge in [0.15, 0.2) is 5.58 Å². The lowest BCUT2D eigenvalue weighted by atomic mass is 10.2. The molecule has 2 N–H and O–H groups in total. The highest BCUT2D eigenvalue weighted by Crippen LogP contribution is 2.19. The Labute approximate surface area is 122 Å². The highest BCUT2D eigenvalue weighted by Gasteiger charge is 2.09. The summed E-state index contributed by atoms with van der Waals surface area (Å²) in [5.41, 5.74) is 8.77. The minimum Gasteiger partial charge on any atom is -0.439 e. The Balaban J connectivity index is 1.72. The van der Waals surface area contributed by atoms with Gasteiger partial charge >= 0.3 is 0 Å². The van der Waals surface area contributed by atoms with E-state index in [1.54, 1.807) is 18.2 Å². The third kappa shape index (κ3) is 3.20. The molecule has 2 aromatic carbocycles. The van der Waals surface area contributed by atoms with Crippen molar-refractivity contribution in [3.63, 3.8) is 0 Å². The number of rotatable bonds is 4. The first-order chi connectivity index (χ1) is 10.1. The Hall–Kier alpha value is -2.40. The van der Waals surface area contributed by atoms with E-state index in [-0.39, 0.29) is 5.82 Å². The second-order valence-electron chi connectivity index (χ2n) is 5.14. The molecule has 5 heteroatoms. The average molecular weight is 285 g/mol. The van der Waals surface area contributed by atoms with E-state index < -0.39 is 0 Å². The molecule has 1 aromatic heterocycles. The van der Waals surface area contributed by atoms with Gasteiger partial charge in [0, 0.05) is 12.2 Å². The number of anilines is 1. The fraction of sp³-hybridized carbons (Fsp3) is 0.188. The van der Waals surface area contributed by atoms with E-state index in [1.807, 2.05) is 24.1 Å². The van der Waals surface area contributed by atoms with Gasteiger partial charge in [-0.1, -0.05) is 12.1 Å². The summed E-state index contributed by atoms with van der Waals surface area (Å²) in [6.07, 6.45) is 0. The monoisotopic (exact) mass is 285 g/mol. The van der Waals surface area contributed by atoms with Crippen molar-refractivity contribution < 1.29 is 8.81 Å². The molecule has 0 aliphatic heterocycles. The van der Waals surface area contributed by atoms with Crippen LogP contribution in [0.2, 0.25) is 0 Å². The summed E-state index contributed by atoms with van der Waals surface area (Å²) in [6, 6.07) is 12.0. The number of aromatic nitrogens is 1. The largest absolute Gasteiger partial charge is 0.439 e. The van der Waals surface area contributed by atoms with Gasteiger partial charge in [-0.3, -0.25) is 4.90 Å². The first-order valence-corrected chi connectivity index (χ1v) is 6.68. The quantitative estimate of drug-likeness (QED) is 0.748. The maximum atomic E-state index is 13.2. The van der Waals surface area contributed by atoms with Crippen LogP contribution >= 0.6 is 0 Å². The third-order valence-corrected chi connectivity index (χ3v) is 3.20. The lowest BCUT2D eigenvalue weighted by Crippen LogP contribution is -2.17. The van der Waals surface area contributed by atoms with Crippen molar-refractivity contribution in [3.05, 3.63) is 59.7 Å². The zero-order valence-corrected chi connectivity index (χ0v) is 11.7. The van der Waals surface area contributed by atoms with Crippen LogP contribution in [0.5, 0.6) is 0 Å². The van der Waals surface area contributed by atoms with Crippen LogP contribution in [-0.2, 0) is 13.1 Å². The van der Waals surface area contributed by atoms with Gasteiger partial charge in [0.2, 0.25) is 5.89 Å². The Bertz CT molecular complexity index is 769. The fourth-order valence-corrected chi connectivity index (χ4v) is 2.29. The van der Waals surface area contributed by atoms with Crippen molar-refractivity contribution in [2.45, 2.75) is 13.1 Å². The average Bonchev–Trinajstić information content (AvgIpc) is 2.79. The summed E-state index contributed by atoms with van der Waals surface area (Å²) in [6.45, 7) is 1.17. The van der Waals surface area contributed by atoms with Crippen molar-refractivity contribution in [2.24, 2.45) is 0 Å². The molecular formula is C16H16FN3O. The predicted octanol–water partition coefficient (Wildman–Crippen LogP) is 3.18. The van der Waals surface area contributed by atoms with E-state index in [0.29, 0.717) is 24.7 Å². The number of nitrogen functional groups attached to an aromatic ring is 1. The maximum Gasteiger partial charge on any atom is 0.209 e. The SMILES string of the molecule is CN(Cc1cccc(F)c1)Cc1nc2cc(N)ccc2o1. The number of oxazole rings is 1. The highest BCUT2D eigenvalue weighted by atomic mass is 19.1. The summed E-state index contributed by atoms with van der Waals surface area (Å²) in [4.78, 5) is 6.43. The van der Waals surface area contributed by atoms with Crippen LogP contribution in [-0.4, -0.2) is 16.9 Å². The number of hydrogen-bond donors (Lipinski definition) is 1. The Kier molecular flexibility index (Phi) is 3.58. The van der Waals surface area contributed by atoms with Crippen molar-refractivity contribution in [2.75, 3.05) is 12.8 Å². The summed E-state index contributed by atoms with van der Waals surface area (Å²) in [5.74, 6) is 0.396. The molecule has 0 bridgehead atoms.